The number of amides is 2. The van der Waals surface area contributed by atoms with Crippen LogP contribution in [0.3, 0.4) is 0 Å². The molecule has 2 amide bonds. The smallest absolute Gasteiger partial charge is 0.269 e. The van der Waals surface area contributed by atoms with Crippen molar-refractivity contribution in [3.8, 4) is 0 Å². The minimum Gasteiger partial charge on any atom is -0.368 e. The highest BCUT2D eigenvalue weighted by atomic mass is 32.2. The average Bonchev–Trinajstić information content (AvgIpc) is 2.98. The van der Waals surface area contributed by atoms with E-state index >= 15 is 0 Å². The van der Waals surface area contributed by atoms with Crippen molar-refractivity contribution in [1.82, 2.24) is 9.80 Å². The number of carbonyl (C=O) groups is 2. The number of halogens is 1. The number of carbonyl (C=O) groups excluding carboxylic acids is 2. The fourth-order valence-corrected chi connectivity index (χ4v) is 5.95. The minimum absolute atomic E-state index is 0.0347. The molecule has 2 fully saturated rings. The predicted molar refractivity (Wildman–Crippen MR) is 153 cm³/mol. The van der Waals surface area contributed by atoms with Crippen molar-refractivity contribution in [1.29, 1.82) is 0 Å². The second-order valence-corrected chi connectivity index (χ2v) is 10.7. The number of non-ortho nitro benzene ring substituents is 1. The Hall–Kier alpha value is -4.25. The Balaban J connectivity index is 1.27. The molecule has 0 radical (unpaired) electrons. The maximum Gasteiger partial charge on any atom is 0.269 e. The van der Waals surface area contributed by atoms with Crippen LogP contribution in [-0.2, 0) is 16.0 Å². The first-order chi connectivity index (χ1) is 19.4. The molecule has 0 aromatic heterocycles. The molecule has 9 nitrogen and oxygen atoms in total. The fraction of sp³-hybridized carbons (Fsp3) is 0.276. The third kappa shape index (κ3) is 6.48. The summed E-state index contributed by atoms with van der Waals surface area (Å²) in [6.07, 6.45) is 0.710. The molecule has 2 heterocycles. The lowest BCUT2D eigenvalue weighted by Crippen LogP contribution is -2.53. The number of rotatable bonds is 7. The quantitative estimate of drug-likeness (QED) is 0.308. The molecular formula is C29H28FN5O4S. The fourth-order valence-electron chi connectivity index (χ4n) is 4.74. The van der Waals surface area contributed by atoms with E-state index in [1.54, 1.807) is 34.1 Å². The Morgan fingerprint density at radius 2 is 1.65 bits per heavy atom. The summed E-state index contributed by atoms with van der Waals surface area (Å²) in [6.45, 7) is 2.53. The molecule has 206 valence electrons. The van der Waals surface area contributed by atoms with Crippen molar-refractivity contribution in [2.75, 3.05) is 37.6 Å². The van der Waals surface area contributed by atoms with Gasteiger partial charge in [-0.1, -0.05) is 42.1 Å². The SMILES string of the molecule is O=C(C1CC(=O)N(CCc2ccccc2)C(=Nc2ccc(F)cc2)S1)N1CCN(c2ccc([N+](=O)[O-])cc2)CC1. The molecular weight excluding hydrogens is 533 g/mol. The lowest BCUT2D eigenvalue weighted by Gasteiger charge is -2.39. The Morgan fingerprint density at radius 3 is 2.30 bits per heavy atom. The first-order valence-electron chi connectivity index (χ1n) is 13.0. The number of amidine groups is 1. The van der Waals surface area contributed by atoms with Crippen molar-refractivity contribution in [3.05, 3.63) is 100 Å². The number of nitrogens with zero attached hydrogens (tertiary/aromatic N) is 5. The zero-order valence-corrected chi connectivity index (χ0v) is 22.5. The molecule has 0 spiro atoms. The van der Waals surface area contributed by atoms with Gasteiger partial charge in [0.1, 0.15) is 11.1 Å². The van der Waals surface area contributed by atoms with Crippen molar-refractivity contribution < 1.29 is 18.9 Å². The molecule has 1 unspecified atom stereocenters. The van der Waals surface area contributed by atoms with Crippen LogP contribution in [0.1, 0.15) is 12.0 Å². The van der Waals surface area contributed by atoms with Crippen molar-refractivity contribution in [2.45, 2.75) is 18.1 Å². The molecule has 3 aromatic carbocycles. The van der Waals surface area contributed by atoms with E-state index in [9.17, 15) is 24.1 Å². The van der Waals surface area contributed by atoms with Crippen LogP contribution in [0.15, 0.2) is 83.9 Å². The number of hydrogen-bond acceptors (Lipinski definition) is 7. The maximum absolute atomic E-state index is 13.5. The zero-order chi connectivity index (χ0) is 28.1. The standard InChI is InChI=1S/C29H28FN5O4S/c30-22-6-8-23(9-7-22)31-29-34(15-14-21-4-2-1-3-5-21)27(36)20-26(40-29)28(37)33-18-16-32(17-19-33)24-10-12-25(13-11-24)35(38)39/h1-13,26H,14-20H2. The summed E-state index contributed by atoms with van der Waals surface area (Å²) >= 11 is 1.27. The molecule has 1 atom stereocenters. The van der Waals surface area contributed by atoms with E-state index in [1.165, 1.54) is 36.0 Å². The third-order valence-corrected chi connectivity index (χ3v) is 8.13. The van der Waals surface area contributed by atoms with E-state index in [2.05, 4.69) is 9.89 Å². The zero-order valence-electron chi connectivity index (χ0n) is 21.7. The molecule has 3 aromatic rings. The van der Waals surface area contributed by atoms with Gasteiger partial charge in [-0.15, -0.1) is 0 Å². The lowest BCUT2D eigenvalue weighted by atomic mass is 10.1. The van der Waals surface area contributed by atoms with Crippen LogP contribution in [0.5, 0.6) is 0 Å². The largest absolute Gasteiger partial charge is 0.368 e. The molecule has 2 aliphatic heterocycles. The van der Waals surface area contributed by atoms with Crippen molar-refractivity contribution in [3.63, 3.8) is 0 Å². The number of hydrogen-bond donors (Lipinski definition) is 0. The van der Waals surface area contributed by atoms with Gasteiger partial charge < -0.3 is 9.80 Å². The normalized spacial score (nSPS) is 18.7. The number of anilines is 1. The Kier molecular flexibility index (Phi) is 8.40. The van der Waals surface area contributed by atoms with Crippen LogP contribution in [0.4, 0.5) is 21.5 Å². The summed E-state index contributed by atoms with van der Waals surface area (Å²) in [6, 6.07) is 21.9. The van der Waals surface area contributed by atoms with Gasteiger partial charge in [0.05, 0.1) is 10.6 Å². The highest BCUT2D eigenvalue weighted by molar-refractivity contribution is 8.15. The Bertz CT molecular complexity index is 1390. The van der Waals surface area contributed by atoms with E-state index in [0.717, 1.165) is 11.3 Å². The summed E-state index contributed by atoms with van der Waals surface area (Å²) < 4.78 is 13.5. The summed E-state index contributed by atoms with van der Waals surface area (Å²) in [7, 11) is 0. The number of nitro benzene ring substituents is 1. The minimum atomic E-state index is -0.606. The molecule has 2 saturated heterocycles. The summed E-state index contributed by atoms with van der Waals surface area (Å²) in [5.74, 6) is -0.659. The van der Waals surface area contributed by atoms with Gasteiger partial charge in [0.2, 0.25) is 11.8 Å². The topological polar surface area (TPSA) is 99.4 Å². The van der Waals surface area contributed by atoms with Crippen LogP contribution in [0.2, 0.25) is 0 Å². The number of benzene rings is 3. The second-order valence-electron chi connectivity index (χ2n) is 9.55. The molecule has 11 heteroatoms. The maximum atomic E-state index is 13.5. The number of thioether (sulfide) groups is 1. The average molecular weight is 562 g/mol. The Labute approximate surface area is 235 Å². The van der Waals surface area contributed by atoms with Gasteiger partial charge in [-0.3, -0.25) is 24.6 Å². The summed E-state index contributed by atoms with van der Waals surface area (Å²) in [4.78, 5) is 47.5. The van der Waals surface area contributed by atoms with Gasteiger partial charge in [-0.25, -0.2) is 9.38 Å². The van der Waals surface area contributed by atoms with Gasteiger partial charge in [0, 0.05) is 57.0 Å². The predicted octanol–water partition coefficient (Wildman–Crippen LogP) is 4.65. The first kappa shape index (κ1) is 27.3. The third-order valence-electron chi connectivity index (χ3n) is 6.95. The van der Waals surface area contributed by atoms with Crippen LogP contribution in [0.25, 0.3) is 0 Å². The summed E-state index contributed by atoms with van der Waals surface area (Å²) in [5.41, 5.74) is 2.49. The van der Waals surface area contributed by atoms with E-state index in [4.69, 9.17) is 0 Å². The van der Waals surface area contributed by atoms with Gasteiger partial charge in [-0.2, -0.15) is 0 Å². The van der Waals surface area contributed by atoms with E-state index in [-0.39, 0.29) is 29.7 Å². The monoisotopic (exact) mass is 561 g/mol. The van der Waals surface area contributed by atoms with Crippen LogP contribution < -0.4 is 4.90 Å². The highest BCUT2D eigenvalue weighted by Gasteiger charge is 2.38. The van der Waals surface area contributed by atoms with Crippen molar-refractivity contribution in [2.24, 2.45) is 4.99 Å². The van der Waals surface area contributed by atoms with Crippen LogP contribution in [0, 0.1) is 15.9 Å². The number of piperazine rings is 1. The summed E-state index contributed by atoms with van der Waals surface area (Å²) in [5, 5.41) is 10.8. The van der Waals surface area contributed by atoms with Gasteiger partial charge in [-0.05, 0) is 48.4 Å². The van der Waals surface area contributed by atoms with E-state index < -0.39 is 10.2 Å². The molecule has 2 aliphatic rings. The van der Waals surface area contributed by atoms with E-state index in [0.29, 0.717) is 50.0 Å². The van der Waals surface area contributed by atoms with Crippen molar-refractivity contribution >= 4 is 45.8 Å². The molecule has 0 saturated carbocycles. The molecule has 40 heavy (non-hydrogen) atoms. The molecule has 0 aliphatic carbocycles. The van der Waals surface area contributed by atoms with Crippen LogP contribution >= 0.6 is 11.8 Å². The van der Waals surface area contributed by atoms with Crippen LogP contribution in [-0.4, -0.2) is 69.7 Å². The number of nitro groups is 1. The van der Waals surface area contributed by atoms with Gasteiger partial charge >= 0.3 is 0 Å². The van der Waals surface area contributed by atoms with E-state index in [1.807, 2.05) is 30.3 Å². The molecule has 0 bridgehead atoms. The lowest BCUT2D eigenvalue weighted by molar-refractivity contribution is -0.384. The second kappa shape index (κ2) is 12.3. The highest BCUT2D eigenvalue weighted by Crippen LogP contribution is 2.31. The Morgan fingerprint density at radius 1 is 0.975 bits per heavy atom. The van der Waals surface area contributed by atoms with Gasteiger partial charge in [0.15, 0.2) is 5.17 Å². The number of aliphatic imine (C=N–C) groups is 1. The molecule has 0 N–H and O–H groups in total. The van der Waals surface area contributed by atoms with Gasteiger partial charge in [0.25, 0.3) is 5.69 Å². The first-order valence-corrected chi connectivity index (χ1v) is 13.9. The molecule has 5 rings (SSSR count).